The number of carbonyl (C=O) groups excluding carboxylic acids is 1. The molecule has 2 aromatic carbocycles. The first kappa shape index (κ1) is 16.1. The number of hydrogen-bond acceptors (Lipinski definition) is 5. The van der Waals surface area contributed by atoms with E-state index < -0.39 is 0 Å². The molecule has 2 aromatic rings. The van der Waals surface area contributed by atoms with Crippen molar-refractivity contribution in [3.63, 3.8) is 0 Å². The van der Waals surface area contributed by atoms with E-state index in [4.69, 9.17) is 9.47 Å². The van der Waals surface area contributed by atoms with Gasteiger partial charge in [0.25, 0.3) is 5.91 Å². The van der Waals surface area contributed by atoms with Crippen molar-refractivity contribution in [1.82, 2.24) is 15.3 Å². The van der Waals surface area contributed by atoms with Gasteiger partial charge in [0.05, 0.1) is 12.6 Å². The number of hydrazine groups is 1. The van der Waals surface area contributed by atoms with Crippen molar-refractivity contribution in [2.45, 2.75) is 25.0 Å². The molecule has 5 rings (SSSR count). The summed E-state index contributed by atoms with van der Waals surface area (Å²) >= 11 is 0. The Morgan fingerprint density at radius 2 is 1.89 bits per heavy atom. The van der Waals surface area contributed by atoms with E-state index in [-0.39, 0.29) is 30.6 Å². The van der Waals surface area contributed by atoms with Crippen molar-refractivity contribution >= 4 is 5.91 Å². The lowest BCUT2D eigenvalue weighted by atomic mass is 10.0. The number of nitrogens with zero attached hydrogens (tertiary/aromatic N) is 2. The fourth-order valence-electron chi connectivity index (χ4n) is 3.70. The predicted molar refractivity (Wildman–Crippen MR) is 94.8 cm³/mol. The van der Waals surface area contributed by atoms with Crippen molar-refractivity contribution in [2.75, 3.05) is 6.79 Å². The number of fused-ring (bicyclic) bond motifs is 2. The minimum Gasteiger partial charge on any atom is -0.454 e. The third kappa shape index (κ3) is 2.90. The second-order valence-corrected chi connectivity index (χ2v) is 6.84. The third-order valence-corrected chi connectivity index (χ3v) is 5.14. The Hall–Kier alpha value is -3.06. The van der Waals surface area contributed by atoms with Crippen LogP contribution in [-0.4, -0.2) is 28.7 Å². The monoisotopic (exact) mass is 367 g/mol. The van der Waals surface area contributed by atoms with Crippen LogP contribution in [0, 0.1) is 5.82 Å². The first-order valence-electron chi connectivity index (χ1n) is 8.85. The minimum absolute atomic E-state index is 0.0175. The highest BCUT2D eigenvalue weighted by Gasteiger charge is 2.40. The molecule has 2 atom stereocenters. The van der Waals surface area contributed by atoms with E-state index in [1.165, 1.54) is 12.1 Å². The van der Waals surface area contributed by atoms with Gasteiger partial charge in [0, 0.05) is 12.4 Å². The van der Waals surface area contributed by atoms with Crippen molar-refractivity contribution in [3.8, 4) is 11.5 Å². The molecule has 1 amide bonds. The predicted octanol–water partition coefficient (Wildman–Crippen LogP) is 2.69. The summed E-state index contributed by atoms with van der Waals surface area (Å²) in [5.41, 5.74) is 5.32. The summed E-state index contributed by atoms with van der Waals surface area (Å²) in [5, 5.41) is 1.86. The summed E-state index contributed by atoms with van der Waals surface area (Å²) < 4.78 is 23.9. The number of halogens is 1. The van der Waals surface area contributed by atoms with E-state index >= 15 is 0 Å². The van der Waals surface area contributed by atoms with Gasteiger partial charge in [-0.15, -0.1) is 0 Å². The normalized spacial score (nSPS) is 23.1. The number of carbonyl (C=O) groups is 1. The first-order valence-corrected chi connectivity index (χ1v) is 8.85. The summed E-state index contributed by atoms with van der Waals surface area (Å²) in [6, 6.07) is 11.8. The third-order valence-electron chi connectivity index (χ3n) is 5.14. The zero-order valence-electron chi connectivity index (χ0n) is 14.5. The van der Waals surface area contributed by atoms with Gasteiger partial charge in [0.2, 0.25) is 6.79 Å². The molecule has 3 aliphatic rings. The molecule has 0 bridgehead atoms. The first-order chi connectivity index (χ1) is 13.2. The molecule has 138 valence electrons. The second kappa shape index (κ2) is 6.28. The molecule has 1 N–H and O–H groups in total. The largest absolute Gasteiger partial charge is 0.454 e. The zero-order valence-corrected chi connectivity index (χ0v) is 14.5. The molecule has 0 aromatic heterocycles. The lowest BCUT2D eigenvalue weighted by Crippen LogP contribution is -2.47. The van der Waals surface area contributed by atoms with Crippen molar-refractivity contribution in [1.29, 1.82) is 0 Å². The molecule has 1 saturated heterocycles. The fraction of sp³-hybridized carbons (Fsp3) is 0.250. The van der Waals surface area contributed by atoms with Crippen LogP contribution in [-0.2, 0) is 11.3 Å². The van der Waals surface area contributed by atoms with Crippen LogP contribution in [0.1, 0.15) is 23.6 Å². The van der Waals surface area contributed by atoms with Crippen LogP contribution in [0.4, 0.5) is 4.39 Å². The molecule has 27 heavy (non-hydrogen) atoms. The van der Waals surface area contributed by atoms with Crippen LogP contribution < -0.4 is 14.9 Å². The SMILES string of the molecule is O=C1C2CC(c3ccc4c(c3)OCO4)NN2C=CN1Cc1ccc(F)cc1. The zero-order chi connectivity index (χ0) is 18.4. The van der Waals surface area contributed by atoms with Gasteiger partial charge in [-0.25, -0.2) is 9.82 Å². The quantitative estimate of drug-likeness (QED) is 0.904. The smallest absolute Gasteiger partial charge is 0.251 e. The van der Waals surface area contributed by atoms with Crippen LogP contribution in [0.15, 0.2) is 54.9 Å². The fourth-order valence-corrected chi connectivity index (χ4v) is 3.70. The molecule has 1 fully saturated rings. The van der Waals surface area contributed by atoms with Crippen molar-refractivity contribution in [3.05, 3.63) is 71.8 Å². The van der Waals surface area contributed by atoms with Crippen LogP contribution in [0.25, 0.3) is 0 Å². The number of rotatable bonds is 3. The van der Waals surface area contributed by atoms with Gasteiger partial charge in [0.15, 0.2) is 11.5 Å². The maximum absolute atomic E-state index is 13.1. The number of hydrogen-bond donors (Lipinski definition) is 1. The molecule has 6 nitrogen and oxygen atoms in total. The van der Waals surface area contributed by atoms with E-state index in [0.717, 1.165) is 22.6 Å². The molecule has 0 saturated carbocycles. The standard InChI is InChI=1S/C20H18FN3O3/c21-15-4-1-13(2-5-15)11-23-7-8-24-17(20(23)25)10-16(22-24)14-3-6-18-19(9-14)27-12-26-18/h1-9,16-17,22H,10-12H2. The summed E-state index contributed by atoms with van der Waals surface area (Å²) in [4.78, 5) is 14.6. The van der Waals surface area contributed by atoms with E-state index in [1.807, 2.05) is 29.4 Å². The summed E-state index contributed by atoms with van der Waals surface area (Å²) in [6.07, 6.45) is 4.29. The number of amides is 1. The summed E-state index contributed by atoms with van der Waals surface area (Å²) in [7, 11) is 0. The number of nitrogens with one attached hydrogen (secondary N) is 1. The van der Waals surface area contributed by atoms with Gasteiger partial charge >= 0.3 is 0 Å². The second-order valence-electron chi connectivity index (χ2n) is 6.84. The van der Waals surface area contributed by atoms with Crippen LogP contribution in [0.5, 0.6) is 11.5 Å². The lowest BCUT2D eigenvalue weighted by molar-refractivity contribution is -0.134. The van der Waals surface area contributed by atoms with E-state index in [0.29, 0.717) is 13.0 Å². The van der Waals surface area contributed by atoms with Gasteiger partial charge in [-0.3, -0.25) is 4.79 Å². The molecule has 3 heterocycles. The van der Waals surface area contributed by atoms with Gasteiger partial charge in [0.1, 0.15) is 11.9 Å². The Labute approximate surface area is 155 Å². The van der Waals surface area contributed by atoms with Crippen molar-refractivity contribution < 1.29 is 18.7 Å². The van der Waals surface area contributed by atoms with Crippen LogP contribution >= 0.6 is 0 Å². The van der Waals surface area contributed by atoms with Gasteiger partial charge in [-0.1, -0.05) is 18.2 Å². The Morgan fingerprint density at radius 3 is 2.74 bits per heavy atom. The minimum atomic E-state index is -0.281. The molecule has 3 aliphatic heterocycles. The van der Waals surface area contributed by atoms with Crippen LogP contribution in [0.2, 0.25) is 0 Å². The summed E-state index contributed by atoms with van der Waals surface area (Å²) in [6.45, 7) is 0.667. The van der Waals surface area contributed by atoms with E-state index in [1.54, 1.807) is 23.2 Å². The van der Waals surface area contributed by atoms with Gasteiger partial charge in [-0.2, -0.15) is 0 Å². The maximum atomic E-state index is 13.1. The lowest BCUT2D eigenvalue weighted by Gasteiger charge is -2.31. The maximum Gasteiger partial charge on any atom is 0.251 e. The van der Waals surface area contributed by atoms with Crippen LogP contribution in [0.3, 0.4) is 0 Å². The Bertz CT molecular complexity index is 915. The Balaban J connectivity index is 1.31. The molecule has 2 unspecified atom stereocenters. The highest BCUT2D eigenvalue weighted by atomic mass is 19.1. The van der Waals surface area contributed by atoms with Crippen molar-refractivity contribution in [2.24, 2.45) is 0 Å². The molecule has 7 heteroatoms. The molecular weight excluding hydrogens is 349 g/mol. The van der Waals surface area contributed by atoms with Gasteiger partial charge in [-0.05, 0) is 41.8 Å². The average molecular weight is 367 g/mol. The Kier molecular flexibility index (Phi) is 3.75. The molecular formula is C20H18FN3O3. The number of ether oxygens (including phenoxy) is 2. The molecule has 0 aliphatic carbocycles. The summed E-state index contributed by atoms with van der Waals surface area (Å²) in [5.74, 6) is 1.23. The van der Waals surface area contributed by atoms with E-state index in [9.17, 15) is 9.18 Å². The van der Waals surface area contributed by atoms with Gasteiger partial charge < -0.3 is 19.4 Å². The highest BCUT2D eigenvalue weighted by molar-refractivity contribution is 5.84. The topological polar surface area (TPSA) is 54.0 Å². The molecule has 0 radical (unpaired) electrons. The Morgan fingerprint density at radius 1 is 1.07 bits per heavy atom. The van der Waals surface area contributed by atoms with E-state index in [2.05, 4.69) is 5.43 Å². The molecule has 0 spiro atoms. The highest BCUT2D eigenvalue weighted by Crippen LogP contribution is 2.37. The number of benzene rings is 2. The average Bonchev–Trinajstić information content (AvgIpc) is 3.32.